The van der Waals surface area contributed by atoms with Crippen molar-refractivity contribution in [2.45, 2.75) is 45.3 Å². The molecule has 0 aromatic heterocycles. The Balaban J connectivity index is 2.29. The van der Waals surface area contributed by atoms with E-state index in [1.54, 1.807) is 12.1 Å². The predicted octanol–water partition coefficient (Wildman–Crippen LogP) is 7.09. The highest BCUT2D eigenvalue weighted by atomic mass is 35.5. The van der Waals surface area contributed by atoms with E-state index in [1.165, 1.54) is 0 Å². The van der Waals surface area contributed by atoms with Gasteiger partial charge in [-0.2, -0.15) is 0 Å². The third-order valence-electron chi connectivity index (χ3n) is 5.18. The lowest BCUT2D eigenvalue weighted by molar-refractivity contribution is 0.105. The van der Waals surface area contributed by atoms with Gasteiger partial charge >= 0.3 is 0 Å². The zero-order valence-corrected chi connectivity index (χ0v) is 19.1. The maximum atomic E-state index is 13.0. The van der Waals surface area contributed by atoms with Crippen LogP contribution >= 0.6 is 11.6 Å². The fourth-order valence-electron chi connectivity index (χ4n) is 2.41. The largest absolute Gasteiger partial charge is 0.416 e. The Morgan fingerprint density at radius 1 is 0.964 bits per heavy atom. The summed E-state index contributed by atoms with van der Waals surface area (Å²) in [7, 11) is -1.82. The summed E-state index contributed by atoms with van der Waals surface area (Å²) in [5, 5.41) is 0.652. The van der Waals surface area contributed by atoms with Crippen molar-refractivity contribution in [2.75, 3.05) is 6.61 Å². The van der Waals surface area contributed by atoms with Crippen molar-refractivity contribution in [1.29, 1.82) is 0 Å². The van der Waals surface area contributed by atoms with Gasteiger partial charge < -0.3 is 4.43 Å². The average Bonchev–Trinajstić information content (AvgIpc) is 2.66. The first-order chi connectivity index (χ1) is 13.1. The van der Waals surface area contributed by atoms with E-state index in [-0.39, 0.29) is 10.8 Å². The molecule has 0 saturated carbocycles. The van der Waals surface area contributed by atoms with Crippen LogP contribution in [-0.4, -0.2) is 20.7 Å². The Kier molecular flexibility index (Phi) is 7.62. The summed E-state index contributed by atoms with van der Waals surface area (Å²) in [4.78, 5) is 13.0. The normalized spacial score (nSPS) is 11.6. The van der Waals surface area contributed by atoms with Gasteiger partial charge in [0.15, 0.2) is 8.32 Å². The van der Waals surface area contributed by atoms with E-state index >= 15 is 0 Å². The van der Waals surface area contributed by atoms with Crippen LogP contribution in [0.15, 0.2) is 71.4 Å². The van der Waals surface area contributed by atoms with Crippen LogP contribution in [0.1, 0.15) is 43.1 Å². The molecule has 148 valence electrons. The first-order valence-corrected chi connectivity index (χ1v) is 12.8. The van der Waals surface area contributed by atoms with Crippen molar-refractivity contribution in [3.05, 3.63) is 82.6 Å². The first-order valence-electron chi connectivity index (χ1n) is 9.56. The van der Waals surface area contributed by atoms with Crippen LogP contribution in [0.4, 0.5) is 0 Å². The summed E-state index contributed by atoms with van der Waals surface area (Å²) < 4.78 is 6.20. The summed E-state index contributed by atoms with van der Waals surface area (Å²) in [6.07, 6.45) is 0.534. The quantitative estimate of drug-likeness (QED) is 0.210. The van der Waals surface area contributed by atoms with Gasteiger partial charge in [-0.3, -0.25) is 4.79 Å². The van der Waals surface area contributed by atoms with Crippen LogP contribution in [0.25, 0.3) is 5.57 Å². The third-order valence-corrected chi connectivity index (χ3v) is 10.00. The van der Waals surface area contributed by atoms with Crippen LogP contribution in [0.3, 0.4) is 0 Å². The number of carbonyl (C=O) groups is 1. The lowest BCUT2D eigenvalue weighted by Gasteiger charge is -2.36. The van der Waals surface area contributed by atoms with Gasteiger partial charge in [0.25, 0.3) is 0 Å². The van der Waals surface area contributed by atoms with Crippen LogP contribution in [0.2, 0.25) is 18.1 Å². The third kappa shape index (κ3) is 6.05. The SMILES string of the molecule is CC(C)(C)[Si](C)(C)OCCC(Cl)=C=C(C(=O)c1ccccc1)c1ccccc1. The molecule has 28 heavy (non-hydrogen) atoms. The van der Waals surface area contributed by atoms with E-state index in [4.69, 9.17) is 16.0 Å². The molecule has 0 fully saturated rings. The second-order valence-electron chi connectivity index (χ2n) is 8.32. The molecule has 0 saturated heterocycles. The molecule has 0 aliphatic heterocycles. The highest BCUT2D eigenvalue weighted by Crippen LogP contribution is 2.36. The molecule has 2 aromatic carbocycles. The number of Topliss-reactive ketones (excluding diaryl/α,β-unsaturated/α-hetero) is 1. The maximum absolute atomic E-state index is 13.0. The number of halogens is 1. The molecule has 0 radical (unpaired) electrons. The number of hydrogen-bond acceptors (Lipinski definition) is 2. The van der Waals surface area contributed by atoms with E-state index in [9.17, 15) is 4.79 Å². The Hall–Kier alpha value is -1.90. The van der Waals surface area contributed by atoms with Crippen LogP contribution in [0.5, 0.6) is 0 Å². The summed E-state index contributed by atoms with van der Waals surface area (Å²) >= 11 is 6.47. The molecule has 2 rings (SSSR count). The van der Waals surface area contributed by atoms with E-state index in [1.807, 2.05) is 48.5 Å². The summed E-state index contributed by atoms with van der Waals surface area (Å²) in [6, 6.07) is 18.8. The van der Waals surface area contributed by atoms with Gasteiger partial charge in [0.1, 0.15) is 0 Å². The average molecular weight is 413 g/mol. The Morgan fingerprint density at radius 3 is 1.96 bits per heavy atom. The van der Waals surface area contributed by atoms with Crippen molar-refractivity contribution in [3.8, 4) is 0 Å². The minimum atomic E-state index is -1.82. The standard InChI is InChI=1S/C24H29ClO2Si/c1-24(2,3)28(4,5)27-17-16-21(25)18-22(19-12-8-6-9-13-19)23(26)20-14-10-7-11-15-20/h6-15H,16-17H2,1-5H3. The van der Waals surface area contributed by atoms with Gasteiger partial charge in [-0.1, -0.05) is 98.8 Å². The number of rotatable bonds is 7. The molecule has 2 nitrogen and oxygen atoms in total. The Bertz CT molecular complexity index is 858. The molecule has 0 aliphatic rings. The van der Waals surface area contributed by atoms with Gasteiger partial charge in [-0.15, -0.1) is 0 Å². The topological polar surface area (TPSA) is 26.3 Å². The predicted molar refractivity (Wildman–Crippen MR) is 121 cm³/mol. The minimum absolute atomic E-state index is 0.0877. The van der Waals surface area contributed by atoms with Crippen molar-refractivity contribution in [2.24, 2.45) is 0 Å². The second kappa shape index (κ2) is 9.53. The van der Waals surface area contributed by atoms with Gasteiger partial charge in [0, 0.05) is 18.6 Å². The van der Waals surface area contributed by atoms with E-state index in [2.05, 4.69) is 39.6 Å². The fourth-order valence-corrected chi connectivity index (χ4v) is 3.63. The van der Waals surface area contributed by atoms with E-state index < -0.39 is 8.32 Å². The molecule has 0 N–H and O–H groups in total. The van der Waals surface area contributed by atoms with Gasteiger partial charge in [-0.05, 0) is 23.7 Å². The van der Waals surface area contributed by atoms with E-state index in [0.29, 0.717) is 29.2 Å². The molecular formula is C24H29ClO2Si. The zero-order chi connectivity index (χ0) is 20.8. The molecule has 0 aliphatic carbocycles. The smallest absolute Gasteiger partial charge is 0.201 e. The van der Waals surface area contributed by atoms with Gasteiger partial charge in [-0.25, -0.2) is 0 Å². The van der Waals surface area contributed by atoms with Crippen molar-refractivity contribution in [3.63, 3.8) is 0 Å². The highest BCUT2D eigenvalue weighted by Gasteiger charge is 2.36. The minimum Gasteiger partial charge on any atom is -0.416 e. The molecule has 0 spiro atoms. The van der Waals surface area contributed by atoms with Gasteiger partial charge in [0.05, 0.1) is 10.6 Å². The molecule has 4 heteroatoms. The van der Waals surface area contributed by atoms with Crippen LogP contribution in [0, 0.1) is 0 Å². The van der Waals surface area contributed by atoms with Crippen molar-refractivity contribution >= 4 is 31.3 Å². The van der Waals surface area contributed by atoms with Crippen LogP contribution in [-0.2, 0) is 4.43 Å². The van der Waals surface area contributed by atoms with Gasteiger partial charge in [0.2, 0.25) is 5.78 Å². The molecule has 0 atom stereocenters. The summed E-state index contributed by atoms with van der Waals surface area (Å²) in [6.45, 7) is 11.6. The first kappa shape index (κ1) is 22.4. The number of ketones is 1. The summed E-state index contributed by atoms with van der Waals surface area (Å²) in [5.74, 6) is -0.0877. The molecule has 2 aromatic rings. The second-order valence-corrected chi connectivity index (χ2v) is 13.6. The lowest BCUT2D eigenvalue weighted by Crippen LogP contribution is -2.40. The maximum Gasteiger partial charge on any atom is 0.201 e. The molecule has 0 heterocycles. The molecule has 0 unspecified atom stereocenters. The van der Waals surface area contributed by atoms with E-state index in [0.717, 1.165) is 5.56 Å². The highest BCUT2D eigenvalue weighted by molar-refractivity contribution is 6.74. The number of carbonyl (C=O) groups excluding carboxylic acids is 1. The fraction of sp³-hybridized carbons (Fsp3) is 0.333. The summed E-state index contributed by atoms with van der Waals surface area (Å²) in [5.41, 5.74) is 5.04. The monoisotopic (exact) mass is 412 g/mol. The molecular weight excluding hydrogens is 384 g/mol. The molecule has 0 amide bonds. The molecule has 0 bridgehead atoms. The number of benzene rings is 2. The lowest BCUT2D eigenvalue weighted by atomic mass is 9.97. The Morgan fingerprint density at radius 2 is 1.46 bits per heavy atom. The van der Waals surface area contributed by atoms with Crippen LogP contribution < -0.4 is 0 Å². The Labute approximate surface area is 175 Å². The number of hydrogen-bond donors (Lipinski definition) is 0. The van der Waals surface area contributed by atoms with Crippen molar-refractivity contribution < 1.29 is 9.22 Å². The zero-order valence-electron chi connectivity index (χ0n) is 17.4. The van der Waals surface area contributed by atoms with Crippen molar-refractivity contribution in [1.82, 2.24) is 0 Å².